The van der Waals surface area contributed by atoms with E-state index in [2.05, 4.69) is 9.98 Å². The van der Waals surface area contributed by atoms with Gasteiger partial charge < -0.3 is 10.0 Å². The number of hydrogen-bond donors (Lipinski definition) is 0. The first kappa shape index (κ1) is 19.1. The van der Waals surface area contributed by atoms with Gasteiger partial charge in [0.2, 0.25) is 0 Å². The van der Waals surface area contributed by atoms with Crippen LogP contribution in [0.15, 0.2) is 71.9 Å². The number of rotatable bonds is 5. The Morgan fingerprint density at radius 2 is 1.83 bits per heavy atom. The van der Waals surface area contributed by atoms with Crippen molar-refractivity contribution in [3.8, 4) is 17.0 Å². The molecule has 150 valence electrons. The summed E-state index contributed by atoms with van der Waals surface area (Å²) >= 11 is 0. The highest BCUT2D eigenvalue weighted by atomic mass is 16.6. The minimum atomic E-state index is -0.689. The van der Waals surface area contributed by atoms with Crippen molar-refractivity contribution in [2.75, 3.05) is 19.0 Å². The second-order valence-electron chi connectivity index (χ2n) is 6.86. The smallest absolute Gasteiger partial charge is 0.262 e. The summed E-state index contributed by atoms with van der Waals surface area (Å²) in [5, 5.41) is 23.4. The van der Waals surface area contributed by atoms with Crippen LogP contribution in [0.2, 0.25) is 0 Å². The molecule has 0 radical (unpaired) electrons. The number of nitrogens with zero attached hydrogens (tertiary/aromatic N) is 5. The first-order valence-electron chi connectivity index (χ1n) is 9.19. The van der Waals surface area contributed by atoms with Crippen molar-refractivity contribution in [1.29, 1.82) is 0 Å². The zero-order chi connectivity index (χ0) is 21.3. The maximum Gasteiger partial charge on any atom is 0.262 e. The van der Waals surface area contributed by atoms with Gasteiger partial charge in [-0.3, -0.25) is 14.5 Å². The summed E-state index contributed by atoms with van der Waals surface area (Å²) in [6.07, 6.45) is 3.18. The van der Waals surface area contributed by atoms with E-state index in [1.165, 1.54) is 24.4 Å². The number of hydrogen-bond acceptors (Lipinski definition) is 6. The number of aromatic nitrogens is 2. The molecule has 0 N–H and O–H groups in total. The maximum atomic E-state index is 12.3. The van der Waals surface area contributed by atoms with Crippen molar-refractivity contribution in [1.82, 2.24) is 9.38 Å². The number of benzene rings is 2. The van der Waals surface area contributed by atoms with Crippen LogP contribution in [0.3, 0.4) is 0 Å². The number of nitro groups is 1. The third kappa shape index (κ3) is 3.46. The third-order valence-corrected chi connectivity index (χ3v) is 4.71. The fourth-order valence-corrected chi connectivity index (χ4v) is 3.14. The highest BCUT2D eigenvalue weighted by Gasteiger charge is 2.14. The zero-order valence-electron chi connectivity index (χ0n) is 16.4. The van der Waals surface area contributed by atoms with Crippen molar-refractivity contribution in [3.05, 3.63) is 82.5 Å². The van der Waals surface area contributed by atoms with Gasteiger partial charge in [0, 0.05) is 43.8 Å². The molecule has 0 aliphatic rings. The summed E-state index contributed by atoms with van der Waals surface area (Å²) in [5.74, 6) is -0.133. The molecule has 2 aromatic carbocycles. The first-order valence-corrected chi connectivity index (χ1v) is 9.19. The molecule has 0 aliphatic heterocycles. The molecule has 30 heavy (non-hydrogen) atoms. The van der Waals surface area contributed by atoms with Crippen LogP contribution in [-0.2, 0) is 0 Å². The molecule has 4 aromatic rings. The summed E-state index contributed by atoms with van der Waals surface area (Å²) in [6, 6.07) is 17.7. The van der Waals surface area contributed by atoms with E-state index in [1.807, 2.05) is 72.1 Å². The second kappa shape index (κ2) is 7.67. The van der Waals surface area contributed by atoms with Gasteiger partial charge in [-0.05, 0) is 35.6 Å². The molecular weight excluding hydrogens is 382 g/mol. The van der Waals surface area contributed by atoms with Crippen LogP contribution < -0.4 is 10.0 Å². The average Bonchev–Trinajstić information content (AvgIpc) is 3.11. The summed E-state index contributed by atoms with van der Waals surface area (Å²) in [5.41, 5.74) is 2.96. The Hall–Kier alpha value is -4.20. The van der Waals surface area contributed by atoms with E-state index in [0.29, 0.717) is 17.2 Å². The molecule has 0 unspecified atom stereocenters. The number of imidazole rings is 1. The lowest BCUT2D eigenvalue weighted by atomic mass is 10.1. The van der Waals surface area contributed by atoms with Crippen LogP contribution in [0.25, 0.3) is 16.9 Å². The Labute approximate surface area is 172 Å². The van der Waals surface area contributed by atoms with Gasteiger partial charge in [-0.1, -0.05) is 30.3 Å². The second-order valence-corrected chi connectivity index (χ2v) is 6.86. The minimum Gasteiger partial charge on any atom is -0.867 e. The molecule has 0 atom stereocenters. The lowest BCUT2D eigenvalue weighted by Gasteiger charge is -2.12. The number of pyridine rings is 1. The van der Waals surface area contributed by atoms with Crippen LogP contribution in [-0.4, -0.2) is 34.6 Å². The Morgan fingerprint density at radius 1 is 1.07 bits per heavy atom. The van der Waals surface area contributed by atoms with Gasteiger partial charge in [-0.15, -0.1) is 0 Å². The van der Waals surface area contributed by atoms with Crippen LogP contribution >= 0.6 is 0 Å². The zero-order valence-corrected chi connectivity index (χ0v) is 16.4. The lowest BCUT2D eigenvalue weighted by Crippen LogP contribution is -2.07. The van der Waals surface area contributed by atoms with Gasteiger partial charge in [0.05, 0.1) is 4.92 Å². The van der Waals surface area contributed by atoms with E-state index >= 15 is 0 Å². The quantitative estimate of drug-likeness (QED) is 0.288. The predicted molar refractivity (Wildman–Crippen MR) is 115 cm³/mol. The molecule has 0 amide bonds. The SMILES string of the molecule is CN(C)c1ccc(-c2nc3ccccn3c2N=Cc2cccc([N+](=O)[O-])c2[O-])cc1. The molecule has 0 bridgehead atoms. The van der Waals surface area contributed by atoms with Gasteiger partial charge in [-0.2, -0.15) is 0 Å². The number of nitro benzene ring substituents is 1. The fraction of sp³-hybridized carbons (Fsp3) is 0.0909. The number of anilines is 1. The van der Waals surface area contributed by atoms with Gasteiger partial charge >= 0.3 is 0 Å². The molecule has 8 heteroatoms. The third-order valence-electron chi connectivity index (χ3n) is 4.71. The first-order chi connectivity index (χ1) is 14.5. The Kier molecular flexibility index (Phi) is 4.89. The van der Waals surface area contributed by atoms with Crippen molar-refractivity contribution >= 4 is 29.1 Å². The normalized spacial score (nSPS) is 11.3. The Bertz CT molecular complexity index is 1260. The summed E-state index contributed by atoms with van der Waals surface area (Å²) in [6.45, 7) is 0. The van der Waals surface area contributed by atoms with E-state index < -0.39 is 16.4 Å². The van der Waals surface area contributed by atoms with E-state index in [9.17, 15) is 15.2 Å². The molecule has 2 aromatic heterocycles. The van der Waals surface area contributed by atoms with Crippen LogP contribution in [0.5, 0.6) is 5.75 Å². The van der Waals surface area contributed by atoms with E-state index in [-0.39, 0.29) is 5.56 Å². The number of aliphatic imine (C=N–C) groups is 1. The molecule has 0 spiro atoms. The van der Waals surface area contributed by atoms with E-state index in [4.69, 9.17) is 0 Å². The highest BCUT2D eigenvalue weighted by Crippen LogP contribution is 2.32. The monoisotopic (exact) mass is 400 g/mol. The van der Waals surface area contributed by atoms with Crippen molar-refractivity contribution in [3.63, 3.8) is 0 Å². The van der Waals surface area contributed by atoms with Crippen LogP contribution in [0.1, 0.15) is 5.56 Å². The summed E-state index contributed by atoms with van der Waals surface area (Å²) < 4.78 is 1.81. The molecule has 2 heterocycles. The largest absolute Gasteiger partial charge is 0.867 e. The summed E-state index contributed by atoms with van der Waals surface area (Å²) in [4.78, 5) is 21.5. The van der Waals surface area contributed by atoms with Crippen LogP contribution in [0, 0.1) is 10.1 Å². The number of para-hydroxylation sites is 1. The van der Waals surface area contributed by atoms with Gasteiger partial charge in [0.1, 0.15) is 11.3 Å². The van der Waals surface area contributed by atoms with E-state index in [0.717, 1.165) is 11.3 Å². The predicted octanol–water partition coefficient (Wildman–Crippen LogP) is 3.80. The van der Waals surface area contributed by atoms with Crippen LogP contribution in [0.4, 0.5) is 17.2 Å². The molecule has 0 fully saturated rings. The fourth-order valence-electron chi connectivity index (χ4n) is 3.14. The Morgan fingerprint density at radius 3 is 2.53 bits per heavy atom. The summed E-state index contributed by atoms with van der Waals surface area (Å²) in [7, 11) is 3.93. The molecule has 0 saturated carbocycles. The maximum absolute atomic E-state index is 12.3. The molecular formula is C22H18N5O3-. The molecule has 4 rings (SSSR count). The van der Waals surface area contributed by atoms with Crippen molar-refractivity contribution in [2.24, 2.45) is 4.99 Å². The highest BCUT2D eigenvalue weighted by molar-refractivity contribution is 5.89. The topological polar surface area (TPSA) is 99.1 Å². The van der Waals surface area contributed by atoms with Crippen molar-refractivity contribution < 1.29 is 10.0 Å². The minimum absolute atomic E-state index is 0.143. The lowest BCUT2D eigenvalue weighted by molar-refractivity contribution is -0.398. The van der Waals surface area contributed by atoms with Gasteiger partial charge in [0.15, 0.2) is 5.82 Å². The molecule has 0 aliphatic carbocycles. The van der Waals surface area contributed by atoms with Gasteiger partial charge in [0.25, 0.3) is 5.69 Å². The van der Waals surface area contributed by atoms with Crippen molar-refractivity contribution in [2.45, 2.75) is 0 Å². The van der Waals surface area contributed by atoms with E-state index in [1.54, 1.807) is 0 Å². The average molecular weight is 400 g/mol. The number of fused-ring (bicyclic) bond motifs is 1. The van der Waals surface area contributed by atoms with Gasteiger partial charge in [-0.25, -0.2) is 9.98 Å². The molecule has 0 saturated heterocycles. The molecule has 8 nitrogen and oxygen atoms in total. The Balaban J connectivity index is 1.83. The standard InChI is InChI=1S/C22H19N5O3/c1-25(2)17-11-9-15(10-12-17)20-22(26-13-4-3-8-19(26)24-20)23-14-16-6-5-7-18(21(16)28)27(29)30/h3-14,28H,1-2H3/p-1.